The van der Waals surface area contributed by atoms with E-state index >= 15 is 0 Å². The van der Waals surface area contributed by atoms with Crippen molar-refractivity contribution in [1.82, 2.24) is 10.6 Å². The zero-order valence-electron chi connectivity index (χ0n) is 13.7. The number of nitrogens with one attached hydrogen (secondary N) is 2. The number of ether oxygens (including phenoxy) is 2. The fourth-order valence-corrected chi connectivity index (χ4v) is 2.24. The van der Waals surface area contributed by atoms with E-state index in [0.717, 1.165) is 5.56 Å². The minimum atomic E-state index is -0.773. The number of thioether (sulfide) groups is 1. The first kappa shape index (κ1) is 19.8. The highest BCUT2D eigenvalue weighted by Gasteiger charge is 2.21. The van der Waals surface area contributed by atoms with E-state index in [9.17, 15) is 14.4 Å². The van der Waals surface area contributed by atoms with Crippen molar-refractivity contribution in [2.75, 3.05) is 25.7 Å². The number of hydrogen-bond acceptors (Lipinski definition) is 6. The van der Waals surface area contributed by atoms with Gasteiger partial charge in [0, 0.05) is 0 Å². The summed E-state index contributed by atoms with van der Waals surface area (Å²) in [5.41, 5.74) is 0.850. The van der Waals surface area contributed by atoms with E-state index in [2.05, 4.69) is 15.4 Å². The van der Waals surface area contributed by atoms with Gasteiger partial charge in [0.15, 0.2) is 0 Å². The van der Waals surface area contributed by atoms with E-state index < -0.39 is 24.0 Å². The van der Waals surface area contributed by atoms with Gasteiger partial charge in [-0.25, -0.2) is 4.79 Å². The van der Waals surface area contributed by atoms with Crippen molar-refractivity contribution in [3.63, 3.8) is 0 Å². The Morgan fingerprint density at radius 1 is 1.21 bits per heavy atom. The Morgan fingerprint density at radius 3 is 2.54 bits per heavy atom. The van der Waals surface area contributed by atoms with E-state index in [1.54, 1.807) is 11.8 Å². The smallest absolute Gasteiger partial charge is 0.408 e. The number of benzene rings is 1. The summed E-state index contributed by atoms with van der Waals surface area (Å²) in [5, 5.41) is 4.95. The van der Waals surface area contributed by atoms with Crippen LogP contribution >= 0.6 is 11.8 Å². The van der Waals surface area contributed by atoms with Crippen LogP contribution in [0.4, 0.5) is 4.79 Å². The molecule has 0 heterocycles. The molecule has 7 nitrogen and oxygen atoms in total. The van der Waals surface area contributed by atoms with Gasteiger partial charge in [-0.15, -0.1) is 0 Å². The number of esters is 1. The largest absolute Gasteiger partial charge is 0.468 e. The van der Waals surface area contributed by atoms with E-state index in [1.165, 1.54) is 7.11 Å². The summed E-state index contributed by atoms with van der Waals surface area (Å²) in [6.07, 6.45) is 1.64. The van der Waals surface area contributed by atoms with Gasteiger partial charge in [-0.1, -0.05) is 30.3 Å². The molecule has 2 amide bonds. The molecule has 1 aromatic rings. The van der Waals surface area contributed by atoms with Crippen LogP contribution in [0.5, 0.6) is 0 Å². The SMILES string of the molecule is COC(=O)CNC(=O)[C@@H](CCSC)NC(=O)OCc1ccccc1. The molecule has 0 bridgehead atoms. The maximum absolute atomic E-state index is 12.1. The molecule has 0 radical (unpaired) electrons. The summed E-state index contributed by atoms with van der Waals surface area (Å²) in [6, 6.07) is 8.46. The Hall–Kier alpha value is -2.22. The lowest BCUT2D eigenvalue weighted by molar-refractivity contribution is -0.141. The standard InChI is InChI=1S/C16H22N2O5S/c1-22-14(19)10-17-15(20)13(8-9-24-2)18-16(21)23-11-12-6-4-3-5-7-12/h3-7,13H,8-11H2,1-2H3,(H,17,20)(H,18,21)/t13-/m1/s1. The maximum Gasteiger partial charge on any atom is 0.408 e. The van der Waals surface area contributed by atoms with Crippen molar-refractivity contribution < 1.29 is 23.9 Å². The molecule has 24 heavy (non-hydrogen) atoms. The molecule has 0 unspecified atom stereocenters. The molecule has 0 spiro atoms. The Bertz CT molecular complexity index is 539. The predicted molar refractivity (Wildman–Crippen MR) is 91.6 cm³/mol. The first-order valence-corrected chi connectivity index (χ1v) is 8.77. The molecule has 0 aromatic heterocycles. The van der Waals surface area contributed by atoms with Crippen molar-refractivity contribution in [2.45, 2.75) is 19.1 Å². The number of amides is 2. The molecule has 0 fully saturated rings. The highest BCUT2D eigenvalue weighted by atomic mass is 32.2. The molecule has 0 aliphatic heterocycles. The minimum absolute atomic E-state index is 0.117. The third-order valence-electron chi connectivity index (χ3n) is 3.07. The first-order chi connectivity index (χ1) is 11.6. The average molecular weight is 354 g/mol. The minimum Gasteiger partial charge on any atom is -0.468 e. The highest BCUT2D eigenvalue weighted by molar-refractivity contribution is 7.98. The fraction of sp³-hybridized carbons (Fsp3) is 0.438. The predicted octanol–water partition coefficient (Wildman–Crippen LogP) is 1.32. The number of carbonyl (C=O) groups excluding carboxylic acids is 3. The molecule has 0 aliphatic rings. The van der Waals surface area contributed by atoms with Crippen molar-refractivity contribution in [1.29, 1.82) is 0 Å². The molecule has 0 saturated heterocycles. The molecule has 1 atom stereocenters. The Morgan fingerprint density at radius 2 is 1.92 bits per heavy atom. The van der Waals surface area contributed by atoms with Gasteiger partial charge >= 0.3 is 12.1 Å². The van der Waals surface area contributed by atoms with Crippen molar-refractivity contribution in [3.05, 3.63) is 35.9 Å². The summed E-state index contributed by atoms with van der Waals surface area (Å²) in [5.74, 6) is -0.334. The van der Waals surface area contributed by atoms with E-state index in [0.29, 0.717) is 12.2 Å². The number of methoxy groups -OCH3 is 1. The highest BCUT2D eigenvalue weighted by Crippen LogP contribution is 2.04. The number of rotatable bonds is 9. The van der Waals surface area contributed by atoms with Gasteiger partial charge in [0.05, 0.1) is 7.11 Å². The summed E-state index contributed by atoms with van der Waals surface area (Å²) in [6.45, 7) is -0.127. The third-order valence-corrected chi connectivity index (χ3v) is 3.71. The van der Waals surface area contributed by atoms with Crippen LogP contribution in [0, 0.1) is 0 Å². The monoisotopic (exact) mass is 354 g/mol. The summed E-state index contributed by atoms with van der Waals surface area (Å²) >= 11 is 1.55. The number of carbonyl (C=O) groups is 3. The van der Waals surface area contributed by atoms with Gasteiger partial charge in [0.25, 0.3) is 0 Å². The van der Waals surface area contributed by atoms with Gasteiger partial charge in [-0.2, -0.15) is 11.8 Å². The van der Waals surface area contributed by atoms with Crippen molar-refractivity contribution in [3.8, 4) is 0 Å². The second kappa shape index (κ2) is 11.3. The normalized spacial score (nSPS) is 11.2. The lowest BCUT2D eigenvalue weighted by Gasteiger charge is -2.17. The van der Waals surface area contributed by atoms with Crippen molar-refractivity contribution in [2.24, 2.45) is 0 Å². The topological polar surface area (TPSA) is 93.7 Å². The fourth-order valence-electron chi connectivity index (χ4n) is 1.77. The summed E-state index contributed by atoms with van der Waals surface area (Å²) < 4.78 is 9.57. The molecule has 1 aromatic carbocycles. The molecule has 132 valence electrons. The van der Waals surface area contributed by atoms with Gasteiger partial charge in [-0.05, 0) is 24.0 Å². The molecule has 0 aliphatic carbocycles. The van der Waals surface area contributed by atoms with E-state index in [4.69, 9.17) is 4.74 Å². The quantitative estimate of drug-likeness (QED) is 0.650. The Balaban J connectivity index is 2.49. The van der Waals surface area contributed by atoms with Gasteiger partial charge in [-0.3, -0.25) is 9.59 Å². The van der Waals surface area contributed by atoms with Crippen LogP contribution in [0.1, 0.15) is 12.0 Å². The number of hydrogen-bond donors (Lipinski definition) is 2. The molecular formula is C16H22N2O5S. The third kappa shape index (κ3) is 7.87. The van der Waals surface area contributed by atoms with Crippen LogP contribution in [-0.2, 0) is 25.7 Å². The molecular weight excluding hydrogens is 332 g/mol. The molecule has 2 N–H and O–H groups in total. The van der Waals surface area contributed by atoms with Crippen LogP contribution < -0.4 is 10.6 Å². The van der Waals surface area contributed by atoms with Gasteiger partial charge < -0.3 is 20.1 Å². The first-order valence-electron chi connectivity index (χ1n) is 7.37. The molecule has 0 saturated carbocycles. The van der Waals surface area contributed by atoms with Gasteiger partial charge in [0.1, 0.15) is 19.2 Å². The van der Waals surface area contributed by atoms with Crippen LogP contribution in [0.25, 0.3) is 0 Å². The van der Waals surface area contributed by atoms with Crippen LogP contribution in [0.15, 0.2) is 30.3 Å². The zero-order valence-corrected chi connectivity index (χ0v) is 14.6. The van der Waals surface area contributed by atoms with E-state index in [1.807, 2.05) is 36.6 Å². The lowest BCUT2D eigenvalue weighted by atomic mass is 10.2. The van der Waals surface area contributed by atoms with Crippen LogP contribution in [0.3, 0.4) is 0 Å². The van der Waals surface area contributed by atoms with Crippen LogP contribution in [-0.4, -0.2) is 49.7 Å². The van der Waals surface area contributed by atoms with Crippen molar-refractivity contribution >= 4 is 29.7 Å². The second-order valence-corrected chi connectivity index (χ2v) is 5.82. The maximum atomic E-state index is 12.1. The van der Waals surface area contributed by atoms with E-state index in [-0.39, 0.29) is 13.2 Å². The second-order valence-electron chi connectivity index (χ2n) is 4.83. The average Bonchev–Trinajstić information content (AvgIpc) is 2.61. The lowest BCUT2D eigenvalue weighted by Crippen LogP contribution is -2.48. The zero-order chi connectivity index (χ0) is 17.8. The summed E-state index contributed by atoms with van der Waals surface area (Å²) in [7, 11) is 1.24. The number of alkyl carbamates (subject to hydrolysis) is 1. The molecule has 8 heteroatoms. The van der Waals surface area contributed by atoms with Crippen LogP contribution in [0.2, 0.25) is 0 Å². The Labute approximate surface area is 145 Å². The summed E-state index contributed by atoms with van der Waals surface area (Å²) in [4.78, 5) is 35.0. The molecule has 1 rings (SSSR count). The van der Waals surface area contributed by atoms with Gasteiger partial charge in [0.2, 0.25) is 5.91 Å². The Kier molecular flexibility index (Phi) is 9.36.